The van der Waals surface area contributed by atoms with E-state index in [1.807, 2.05) is 0 Å². The molecule has 4 heterocycles. The largest absolute Gasteiger partial charge is 0.416 e. The molecule has 172 valence electrons. The molecule has 3 aliphatic rings. The van der Waals surface area contributed by atoms with Crippen molar-refractivity contribution in [2.75, 3.05) is 32.8 Å². The van der Waals surface area contributed by atoms with E-state index in [4.69, 9.17) is 4.74 Å². The average Bonchev–Trinajstić information content (AvgIpc) is 3.14. The number of alkyl halides is 3. The van der Waals surface area contributed by atoms with Gasteiger partial charge in [0.15, 0.2) is 5.69 Å². The number of carbonyl (C=O) groups is 1. The molecule has 0 radical (unpaired) electrons. The summed E-state index contributed by atoms with van der Waals surface area (Å²) < 4.78 is 46.2. The van der Waals surface area contributed by atoms with Gasteiger partial charge in [-0.25, -0.2) is 0 Å². The molecule has 2 saturated heterocycles. The van der Waals surface area contributed by atoms with Crippen LogP contribution in [0.2, 0.25) is 0 Å². The van der Waals surface area contributed by atoms with Gasteiger partial charge in [-0.3, -0.25) is 14.8 Å². The Balaban J connectivity index is 1.27. The predicted molar refractivity (Wildman–Crippen MR) is 111 cm³/mol. The van der Waals surface area contributed by atoms with Crippen molar-refractivity contribution >= 4 is 5.91 Å². The fourth-order valence-corrected chi connectivity index (χ4v) is 5.22. The highest BCUT2D eigenvalue weighted by atomic mass is 19.4. The molecule has 0 spiro atoms. The highest BCUT2D eigenvalue weighted by Gasteiger charge is 2.38. The number of hydrogen-bond donors (Lipinski definition) is 1. The Bertz CT molecular complexity index is 1010. The number of amides is 1. The smallest absolute Gasteiger partial charge is 0.378 e. The van der Waals surface area contributed by atoms with Gasteiger partial charge in [-0.2, -0.15) is 18.3 Å². The van der Waals surface area contributed by atoms with Crippen molar-refractivity contribution in [3.63, 3.8) is 0 Å². The summed E-state index contributed by atoms with van der Waals surface area (Å²) in [5.41, 5.74) is 2.51. The molecule has 0 unspecified atom stereocenters. The van der Waals surface area contributed by atoms with Crippen LogP contribution in [0.15, 0.2) is 18.2 Å². The molecule has 1 aromatic carbocycles. The number of carbonyl (C=O) groups excluding carboxylic acids is 1. The van der Waals surface area contributed by atoms with E-state index in [2.05, 4.69) is 15.1 Å². The van der Waals surface area contributed by atoms with Gasteiger partial charge in [-0.05, 0) is 43.2 Å². The maximum absolute atomic E-state index is 13.6. The third-order valence-electron chi connectivity index (χ3n) is 7.11. The van der Waals surface area contributed by atoms with Crippen LogP contribution >= 0.6 is 0 Å². The van der Waals surface area contributed by atoms with Crippen molar-refractivity contribution in [1.29, 1.82) is 0 Å². The number of ether oxygens (including phenoxy) is 1. The molecule has 1 aromatic heterocycles. The molecule has 9 heteroatoms. The summed E-state index contributed by atoms with van der Waals surface area (Å²) in [4.78, 5) is 17.3. The van der Waals surface area contributed by atoms with Gasteiger partial charge in [0.25, 0.3) is 5.91 Å². The SMILES string of the molecule is Cc1cccc(C2CCN(C(=O)c3n[nH]c4c3CCN(C3COC3)C4)CC2)c1C(F)(F)F. The number of fused-ring (bicyclic) bond motifs is 1. The number of aryl methyl sites for hydroxylation is 1. The Morgan fingerprint density at radius 3 is 2.59 bits per heavy atom. The molecule has 5 rings (SSSR count). The molecule has 32 heavy (non-hydrogen) atoms. The number of aromatic amines is 1. The van der Waals surface area contributed by atoms with E-state index in [0.29, 0.717) is 43.2 Å². The zero-order chi connectivity index (χ0) is 22.5. The number of halogens is 3. The minimum atomic E-state index is -4.37. The molecule has 6 nitrogen and oxygen atoms in total. The van der Waals surface area contributed by atoms with Crippen LogP contribution in [0.4, 0.5) is 13.2 Å². The van der Waals surface area contributed by atoms with Crippen molar-refractivity contribution in [3.05, 3.63) is 51.8 Å². The van der Waals surface area contributed by atoms with Crippen LogP contribution in [0.3, 0.4) is 0 Å². The Labute approximate surface area is 184 Å². The van der Waals surface area contributed by atoms with Crippen LogP contribution in [0.25, 0.3) is 0 Å². The Morgan fingerprint density at radius 1 is 1.19 bits per heavy atom. The van der Waals surface area contributed by atoms with Gasteiger partial charge in [0.05, 0.1) is 30.5 Å². The van der Waals surface area contributed by atoms with Gasteiger partial charge in [-0.1, -0.05) is 18.2 Å². The van der Waals surface area contributed by atoms with E-state index >= 15 is 0 Å². The lowest BCUT2D eigenvalue weighted by molar-refractivity contribution is -0.139. The van der Waals surface area contributed by atoms with Gasteiger partial charge in [0, 0.05) is 31.7 Å². The van der Waals surface area contributed by atoms with E-state index in [-0.39, 0.29) is 17.4 Å². The van der Waals surface area contributed by atoms with Crippen LogP contribution in [-0.4, -0.2) is 64.8 Å². The number of nitrogens with one attached hydrogen (secondary N) is 1. The topological polar surface area (TPSA) is 61.5 Å². The summed E-state index contributed by atoms with van der Waals surface area (Å²) in [5.74, 6) is -0.330. The molecule has 0 bridgehead atoms. The normalized spacial score (nSPS) is 20.8. The molecular weight excluding hydrogens is 421 g/mol. The zero-order valence-corrected chi connectivity index (χ0v) is 18.0. The fourth-order valence-electron chi connectivity index (χ4n) is 5.22. The first-order chi connectivity index (χ1) is 15.3. The van der Waals surface area contributed by atoms with E-state index in [0.717, 1.165) is 44.0 Å². The number of H-pyrrole nitrogens is 1. The minimum absolute atomic E-state index is 0.123. The minimum Gasteiger partial charge on any atom is -0.378 e. The number of hydrogen-bond acceptors (Lipinski definition) is 4. The zero-order valence-electron chi connectivity index (χ0n) is 18.0. The number of rotatable bonds is 3. The first-order valence-corrected chi connectivity index (χ1v) is 11.2. The van der Waals surface area contributed by atoms with Crippen molar-refractivity contribution < 1.29 is 22.7 Å². The Hall–Kier alpha value is -2.39. The number of piperidine rings is 1. The second-order valence-electron chi connectivity index (χ2n) is 9.04. The lowest BCUT2D eigenvalue weighted by atomic mass is 9.84. The van der Waals surface area contributed by atoms with Gasteiger partial charge >= 0.3 is 6.18 Å². The van der Waals surface area contributed by atoms with Crippen molar-refractivity contribution in [2.24, 2.45) is 0 Å². The van der Waals surface area contributed by atoms with E-state index in [1.165, 1.54) is 13.0 Å². The Morgan fingerprint density at radius 2 is 1.94 bits per heavy atom. The maximum atomic E-state index is 13.6. The van der Waals surface area contributed by atoms with Crippen LogP contribution < -0.4 is 0 Å². The van der Waals surface area contributed by atoms with Crippen molar-refractivity contribution in [1.82, 2.24) is 20.0 Å². The van der Waals surface area contributed by atoms with Gasteiger partial charge in [0.1, 0.15) is 0 Å². The molecule has 0 saturated carbocycles. The summed E-state index contributed by atoms with van der Waals surface area (Å²) in [6.07, 6.45) is -2.58. The monoisotopic (exact) mass is 448 g/mol. The predicted octanol–water partition coefficient (Wildman–Crippen LogP) is 3.51. The quantitative estimate of drug-likeness (QED) is 0.781. The molecule has 0 aliphatic carbocycles. The van der Waals surface area contributed by atoms with Crippen LogP contribution in [0.5, 0.6) is 0 Å². The van der Waals surface area contributed by atoms with Gasteiger partial charge in [0.2, 0.25) is 0 Å². The average molecular weight is 448 g/mol. The number of nitrogens with zero attached hydrogens (tertiary/aromatic N) is 3. The van der Waals surface area contributed by atoms with E-state index in [1.54, 1.807) is 17.0 Å². The van der Waals surface area contributed by atoms with E-state index < -0.39 is 11.7 Å². The van der Waals surface area contributed by atoms with Crippen LogP contribution in [0, 0.1) is 6.92 Å². The molecule has 2 aromatic rings. The lowest BCUT2D eigenvalue weighted by Crippen LogP contribution is -2.50. The molecule has 0 atom stereocenters. The second-order valence-corrected chi connectivity index (χ2v) is 9.04. The first-order valence-electron chi connectivity index (χ1n) is 11.2. The lowest BCUT2D eigenvalue weighted by Gasteiger charge is -2.39. The first kappa shape index (κ1) is 21.5. The fraction of sp³-hybridized carbons (Fsp3) is 0.565. The summed E-state index contributed by atoms with van der Waals surface area (Å²) in [7, 11) is 0. The summed E-state index contributed by atoms with van der Waals surface area (Å²) >= 11 is 0. The van der Waals surface area contributed by atoms with Gasteiger partial charge < -0.3 is 9.64 Å². The van der Waals surface area contributed by atoms with Gasteiger partial charge in [-0.15, -0.1) is 0 Å². The number of aromatic nitrogens is 2. The summed E-state index contributed by atoms with van der Waals surface area (Å²) in [5, 5.41) is 7.36. The molecule has 2 fully saturated rings. The Kier molecular flexibility index (Phi) is 5.49. The molecular formula is C23H27F3N4O2. The maximum Gasteiger partial charge on any atom is 0.416 e. The van der Waals surface area contributed by atoms with Crippen molar-refractivity contribution in [3.8, 4) is 0 Å². The standard InChI is InChI=1S/C23H27F3N4O2/c1-14-3-2-4-17(20(14)23(24,25)26)15-5-8-29(9-6-15)22(31)21-18-7-10-30(16-12-32-13-16)11-19(18)27-28-21/h2-4,15-16H,5-13H2,1H3,(H,27,28). The molecule has 1 amide bonds. The van der Waals surface area contributed by atoms with E-state index in [9.17, 15) is 18.0 Å². The second kappa shape index (κ2) is 8.19. The number of benzene rings is 1. The summed E-state index contributed by atoms with van der Waals surface area (Å²) in [6, 6.07) is 5.21. The van der Waals surface area contributed by atoms with Crippen LogP contribution in [-0.2, 0) is 23.9 Å². The third kappa shape index (κ3) is 3.81. The highest BCUT2D eigenvalue weighted by molar-refractivity contribution is 5.94. The molecule has 3 aliphatic heterocycles. The molecule has 1 N–H and O–H groups in total. The highest BCUT2D eigenvalue weighted by Crippen LogP contribution is 2.40. The summed E-state index contributed by atoms with van der Waals surface area (Å²) in [6.45, 7) is 5.48. The van der Waals surface area contributed by atoms with Crippen molar-refractivity contribution in [2.45, 2.75) is 50.9 Å². The third-order valence-corrected chi connectivity index (χ3v) is 7.11. The van der Waals surface area contributed by atoms with Crippen LogP contribution in [0.1, 0.15) is 57.2 Å². The number of likely N-dealkylation sites (tertiary alicyclic amines) is 1.